The molecule has 3 aromatic rings. The smallest absolute Gasteiger partial charge is 0.272 e. The maximum atomic E-state index is 13.5. The third kappa shape index (κ3) is 6.55. The lowest BCUT2D eigenvalue weighted by Gasteiger charge is -2.33. The summed E-state index contributed by atoms with van der Waals surface area (Å²) in [6, 6.07) is 18.7. The van der Waals surface area contributed by atoms with Crippen molar-refractivity contribution in [2.24, 2.45) is 0 Å². The van der Waals surface area contributed by atoms with Gasteiger partial charge < -0.3 is 14.5 Å². The molecule has 1 aliphatic heterocycles. The van der Waals surface area contributed by atoms with Crippen LogP contribution in [-0.2, 0) is 6.54 Å². The van der Waals surface area contributed by atoms with Gasteiger partial charge >= 0.3 is 0 Å². The van der Waals surface area contributed by atoms with Crippen LogP contribution in [0.2, 0.25) is 0 Å². The van der Waals surface area contributed by atoms with Gasteiger partial charge in [-0.25, -0.2) is 0 Å². The molecule has 1 aromatic heterocycles. The predicted octanol–water partition coefficient (Wildman–Crippen LogP) is 5.97. The topological polar surface area (TPSA) is 50.6 Å². The van der Waals surface area contributed by atoms with Crippen molar-refractivity contribution in [3.05, 3.63) is 71.4 Å². The molecule has 0 N–H and O–H groups in total. The average molecular weight is 489 g/mol. The highest BCUT2D eigenvalue weighted by Gasteiger charge is 2.32. The SMILES string of the molecule is CCCCCC1CN(Cc2ccc(OCCCN(C)C)cc2)C(=O)c2cc(-c3ccc(C)cc3)nn21. The van der Waals surface area contributed by atoms with E-state index in [9.17, 15) is 4.79 Å². The largest absolute Gasteiger partial charge is 0.494 e. The van der Waals surface area contributed by atoms with Crippen molar-refractivity contribution in [2.75, 3.05) is 33.8 Å². The number of unbranched alkanes of at least 4 members (excludes halogenated alkanes) is 2. The van der Waals surface area contributed by atoms with Crippen molar-refractivity contribution in [1.29, 1.82) is 0 Å². The average Bonchev–Trinajstić information content (AvgIpc) is 3.32. The summed E-state index contributed by atoms with van der Waals surface area (Å²) in [7, 11) is 4.14. The summed E-state index contributed by atoms with van der Waals surface area (Å²) in [5.41, 5.74) is 4.95. The molecule has 0 spiro atoms. The molecule has 0 radical (unpaired) electrons. The fourth-order valence-corrected chi connectivity index (χ4v) is 4.74. The number of carbonyl (C=O) groups excluding carboxylic acids is 1. The van der Waals surface area contributed by atoms with Crippen LogP contribution in [0.4, 0.5) is 0 Å². The second kappa shape index (κ2) is 12.2. The Bertz CT molecular complexity index is 1120. The Morgan fingerprint density at radius 3 is 2.47 bits per heavy atom. The van der Waals surface area contributed by atoms with Crippen LogP contribution >= 0.6 is 0 Å². The van der Waals surface area contributed by atoms with Crippen LogP contribution in [0.1, 0.15) is 66.7 Å². The molecule has 2 aromatic carbocycles. The molecule has 1 amide bonds. The van der Waals surface area contributed by atoms with Crippen molar-refractivity contribution in [2.45, 2.75) is 58.5 Å². The molecule has 4 rings (SSSR count). The number of aromatic nitrogens is 2. The zero-order valence-corrected chi connectivity index (χ0v) is 22.2. The summed E-state index contributed by atoms with van der Waals surface area (Å²) in [4.78, 5) is 17.7. The Kier molecular flexibility index (Phi) is 8.81. The Morgan fingerprint density at radius 2 is 1.78 bits per heavy atom. The zero-order valence-electron chi connectivity index (χ0n) is 22.2. The summed E-state index contributed by atoms with van der Waals surface area (Å²) in [5.74, 6) is 0.928. The minimum atomic E-state index is 0.0524. The number of fused-ring (bicyclic) bond motifs is 1. The van der Waals surface area contributed by atoms with Crippen LogP contribution in [0.5, 0.6) is 5.75 Å². The summed E-state index contributed by atoms with van der Waals surface area (Å²) in [6.07, 6.45) is 5.54. The van der Waals surface area contributed by atoms with Crippen molar-refractivity contribution in [3.63, 3.8) is 0 Å². The molecule has 0 fully saturated rings. The molecular weight excluding hydrogens is 448 g/mol. The highest BCUT2D eigenvalue weighted by Crippen LogP contribution is 2.30. The van der Waals surface area contributed by atoms with Gasteiger partial charge in [0, 0.05) is 25.2 Å². The number of hydrogen-bond acceptors (Lipinski definition) is 4. The maximum absolute atomic E-state index is 13.5. The molecule has 6 heteroatoms. The normalized spacial score (nSPS) is 15.4. The van der Waals surface area contributed by atoms with E-state index >= 15 is 0 Å². The van der Waals surface area contributed by atoms with Gasteiger partial charge in [-0.1, -0.05) is 68.1 Å². The van der Waals surface area contributed by atoms with E-state index in [4.69, 9.17) is 9.84 Å². The molecule has 0 bridgehead atoms. The van der Waals surface area contributed by atoms with Gasteiger partial charge in [-0.05, 0) is 57.6 Å². The van der Waals surface area contributed by atoms with Crippen LogP contribution in [0, 0.1) is 6.92 Å². The molecule has 0 saturated heterocycles. The van der Waals surface area contributed by atoms with E-state index in [2.05, 4.69) is 69.2 Å². The van der Waals surface area contributed by atoms with Gasteiger partial charge in [-0.3, -0.25) is 9.48 Å². The van der Waals surface area contributed by atoms with E-state index in [1.165, 1.54) is 18.4 Å². The Hall–Kier alpha value is -3.12. The lowest BCUT2D eigenvalue weighted by molar-refractivity contribution is 0.0634. The summed E-state index contributed by atoms with van der Waals surface area (Å²) >= 11 is 0. The Labute approximate surface area is 215 Å². The number of amides is 1. The number of benzene rings is 2. The third-order valence-corrected chi connectivity index (χ3v) is 6.82. The van der Waals surface area contributed by atoms with E-state index in [0.717, 1.165) is 48.4 Å². The fourth-order valence-electron chi connectivity index (χ4n) is 4.74. The van der Waals surface area contributed by atoms with Gasteiger partial charge in [0.1, 0.15) is 11.4 Å². The molecular formula is C30H40N4O2. The third-order valence-electron chi connectivity index (χ3n) is 6.82. The molecule has 1 atom stereocenters. The predicted molar refractivity (Wildman–Crippen MR) is 145 cm³/mol. The van der Waals surface area contributed by atoms with Crippen molar-refractivity contribution in [1.82, 2.24) is 19.6 Å². The van der Waals surface area contributed by atoms with Crippen molar-refractivity contribution < 1.29 is 9.53 Å². The number of nitrogens with zero attached hydrogens (tertiary/aromatic N) is 4. The number of aryl methyl sites for hydroxylation is 1. The summed E-state index contributed by atoms with van der Waals surface area (Å²) in [5, 5.41) is 4.91. The molecule has 0 saturated carbocycles. The van der Waals surface area contributed by atoms with Gasteiger partial charge in [0.15, 0.2) is 0 Å². The summed E-state index contributed by atoms with van der Waals surface area (Å²) in [6.45, 7) is 7.30. The van der Waals surface area contributed by atoms with E-state index < -0.39 is 0 Å². The van der Waals surface area contributed by atoms with Gasteiger partial charge in [-0.15, -0.1) is 0 Å². The highest BCUT2D eigenvalue weighted by molar-refractivity contribution is 5.94. The zero-order chi connectivity index (χ0) is 25.5. The van der Waals surface area contributed by atoms with Crippen LogP contribution in [0.25, 0.3) is 11.3 Å². The summed E-state index contributed by atoms with van der Waals surface area (Å²) < 4.78 is 7.87. The lowest BCUT2D eigenvalue weighted by atomic mass is 10.0. The second-order valence-electron chi connectivity index (χ2n) is 10.2. The first kappa shape index (κ1) is 26.0. The van der Waals surface area contributed by atoms with Gasteiger partial charge in [0.25, 0.3) is 5.91 Å². The van der Waals surface area contributed by atoms with Gasteiger partial charge in [-0.2, -0.15) is 5.10 Å². The minimum Gasteiger partial charge on any atom is -0.494 e. The Morgan fingerprint density at radius 1 is 1.03 bits per heavy atom. The Balaban J connectivity index is 1.48. The molecule has 0 aliphatic carbocycles. The molecule has 1 aliphatic rings. The quantitative estimate of drug-likeness (QED) is 0.295. The number of carbonyl (C=O) groups is 1. The molecule has 6 nitrogen and oxygen atoms in total. The van der Waals surface area contributed by atoms with Crippen molar-refractivity contribution >= 4 is 5.91 Å². The maximum Gasteiger partial charge on any atom is 0.272 e. The number of rotatable bonds is 12. The second-order valence-corrected chi connectivity index (χ2v) is 10.2. The number of hydrogen-bond donors (Lipinski definition) is 0. The lowest BCUT2D eigenvalue weighted by Crippen LogP contribution is -2.42. The van der Waals surface area contributed by atoms with Gasteiger partial charge in [0.05, 0.1) is 18.3 Å². The first-order chi connectivity index (χ1) is 17.4. The standard InChI is InChI=1S/C30H40N4O2/c1-5-6-7-9-26-22-33(21-24-12-16-27(17-13-24)36-19-8-18-32(3)4)30(35)29-20-28(31-34(26)29)25-14-10-23(2)11-15-25/h10-17,20,26H,5-9,18-19,21-22H2,1-4H3. The van der Waals surface area contributed by atoms with E-state index in [1.54, 1.807) is 0 Å². The molecule has 1 unspecified atom stereocenters. The van der Waals surface area contributed by atoms with E-state index in [-0.39, 0.29) is 11.9 Å². The first-order valence-electron chi connectivity index (χ1n) is 13.3. The first-order valence-corrected chi connectivity index (χ1v) is 13.3. The van der Waals surface area contributed by atoms with E-state index in [1.807, 2.05) is 27.8 Å². The van der Waals surface area contributed by atoms with Gasteiger partial charge in [0.2, 0.25) is 0 Å². The van der Waals surface area contributed by atoms with Crippen LogP contribution in [0.3, 0.4) is 0 Å². The van der Waals surface area contributed by atoms with Crippen LogP contribution < -0.4 is 4.74 Å². The highest BCUT2D eigenvalue weighted by atomic mass is 16.5. The molecule has 192 valence electrons. The fraction of sp³-hybridized carbons (Fsp3) is 0.467. The molecule has 2 heterocycles. The monoisotopic (exact) mass is 488 g/mol. The minimum absolute atomic E-state index is 0.0524. The molecule has 36 heavy (non-hydrogen) atoms. The van der Waals surface area contributed by atoms with Crippen LogP contribution in [0.15, 0.2) is 54.6 Å². The van der Waals surface area contributed by atoms with Crippen molar-refractivity contribution in [3.8, 4) is 17.0 Å². The number of ether oxygens (including phenoxy) is 1. The van der Waals surface area contributed by atoms with E-state index in [0.29, 0.717) is 25.4 Å². The van der Waals surface area contributed by atoms with Crippen LogP contribution in [-0.4, -0.2) is 59.3 Å².